The molecule has 0 atom stereocenters. The van der Waals surface area contributed by atoms with Gasteiger partial charge in [-0.3, -0.25) is 9.36 Å². The Labute approximate surface area is 182 Å². The van der Waals surface area contributed by atoms with Gasteiger partial charge in [-0.15, -0.1) is 10.2 Å². The summed E-state index contributed by atoms with van der Waals surface area (Å²) in [7, 11) is 3.48. The monoisotopic (exact) mass is 424 g/mol. The molecule has 1 amide bonds. The molecule has 3 rings (SSSR count). The summed E-state index contributed by atoms with van der Waals surface area (Å²) in [5.74, 6) is 1.96. The van der Waals surface area contributed by atoms with E-state index >= 15 is 0 Å². The van der Waals surface area contributed by atoms with E-state index in [1.807, 2.05) is 43.4 Å². The number of carbonyl (C=O) groups is 1. The van der Waals surface area contributed by atoms with Crippen molar-refractivity contribution in [3.63, 3.8) is 0 Å². The van der Waals surface area contributed by atoms with Crippen molar-refractivity contribution in [1.29, 1.82) is 0 Å². The molecule has 0 aliphatic rings. The zero-order valence-corrected chi connectivity index (χ0v) is 18.9. The Morgan fingerprint density at radius 2 is 1.83 bits per heavy atom. The molecular weight excluding hydrogens is 396 g/mol. The van der Waals surface area contributed by atoms with Crippen molar-refractivity contribution in [2.75, 3.05) is 19.9 Å². The van der Waals surface area contributed by atoms with E-state index in [2.05, 4.69) is 47.7 Å². The Morgan fingerprint density at radius 3 is 2.47 bits per heavy atom. The molecule has 2 aromatic carbocycles. The van der Waals surface area contributed by atoms with E-state index in [0.29, 0.717) is 12.3 Å². The maximum Gasteiger partial charge on any atom is 0.233 e. The number of thioether (sulfide) groups is 1. The van der Waals surface area contributed by atoms with Gasteiger partial charge in [0.25, 0.3) is 0 Å². The van der Waals surface area contributed by atoms with E-state index in [9.17, 15) is 4.79 Å². The predicted molar refractivity (Wildman–Crippen MR) is 121 cm³/mol. The van der Waals surface area contributed by atoms with Crippen molar-refractivity contribution >= 4 is 17.7 Å². The molecule has 0 saturated carbocycles. The van der Waals surface area contributed by atoms with Crippen LogP contribution < -0.4 is 4.74 Å². The number of amides is 1. The molecule has 6 nitrogen and oxygen atoms in total. The fraction of sp³-hybridized carbons (Fsp3) is 0.348. The van der Waals surface area contributed by atoms with Crippen LogP contribution in [0.15, 0.2) is 53.7 Å². The van der Waals surface area contributed by atoms with Crippen LogP contribution in [0.3, 0.4) is 0 Å². The van der Waals surface area contributed by atoms with Gasteiger partial charge < -0.3 is 9.64 Å². The van der Waals surface area contributed by atoms with Gasteiger partial charge in [-0.2, -0.15) is 0 Å². The predicted octanol–water partition coefficient (Wildman–Crippen LogP) is 4.59. The van der Waals surface area contributed by atoms with Crippen LogP contribution in [0.25, 0.3) is 11.4 Å². The lowest BCUT2D eigenvalue weighted by Gasteiger charge is -2.19. The van der Waals surface area contributed by atoms with Crippen LogP contribution in [-0.4, -0.2) is 45.5 Å². The minimum absolute atomic E-state index is 0.0626. The number of benzene rings is 2. The number of hydrogen-bond donors (Lipinski definition) is 0. The molecule has 0 N–H and O–H groups in total. The molecular formula is C23H28N4O2S. The second kappa shape index (κ2) is 9.80. The number of ether oxygens (including phenoxy) is 1. The van der Waals surface area contributed by atoms with Crippen LogP contribution >= 0.6 is 11.8 Å². The third kappa shape index (κ3) is 5.02. The van der Waals surface area contributed by atoms with Crippen molar-refractivity contribution in [2.45, 2.75) is 38.5 Å². The van der Waals surface area contributed by atoms with Gasteiger partial charge in [0.15, 0.2) is 11.0 Å². The summed E-state index contributed by atoms with van der Waals surface area (Å²) in [6.07, 6.45) is 0. The number of aryl methyl sites for hydroxylation is 1. The van der Waals surface area contributed by atoms with Crippen LogP contribution in [0.4, 0.5) is 0 Å². The Morgan fingerprint density at radius 1 is 1.13 bits per heavy atom. The normalized spacial score (nSPS) is 11.0. The zero-order chi connectivity index (χ0) is 21.7. The molecule has 158 valence electrons. The summed E-state index contributed by atoms with van der Waals surface area (Å²) >= 11 is 1.42. The second-order valence-electron chi connectivity index (χ2n) is 7.46. The summed E-state index contributed by atoms with van der Waals surface area (Å²) in [6.45, 7) is 6.84. The van der Waals surface area contributed by atoms with Gasteiger partial charge in [0, 0.05) is 25.2 Å². The van der Waals surface area contributed by atoms with Crippen LogP contribution in [0.5, 0.6) is 5.75 Å². The molecule has 3 aromatic rings. The lowest BCUT2D eigenvalue weighted by atomic mass is 10.1. The summed E-state index contributed by atoms with van der Waals surface area (Å²) in [5, 5.41) is 9.50. The SMILES string of the molecule is COc1ccc(-c2nnc(SCC(=O)N(C)Cc3ccccc3C)n2C(C)C)cc1. The first-order chi connectivity index (χ1) is 14.4. The molecule has 1 heterocycles. The van der Waals surface area contributed by atoms with Gasteiger partial charge in [0.1, 0.15) is 5.75 Å². The Bertz CT molecular complexity index is 999. The molecule has 7 heteroatoms. The van der Waals surface area contributed by atoms with Crippen LogP contribution in [0.2, 0.25) is 0 Å². The van der Waals surface area contributed by atoms with E-state index in [0.717, 1.165) is 27.9 Å². The maximum atomic E-state index is 12.7. The lowest BCUT2D eigenvalue weighted by molar-refractivity contribution is -0.127. The summed E-state index contributed by atoms with van der Waals surface area (Å²) < 4.78 is 7.31. The summed E-state index contributed by atoms with van der Waals surface area (Å²) in [5.41, 5.74) is 3.31. The minimum Gasteiger partial charge on any atom is -0.497 e. The van der Waals surface area contributed by atoms with E-state index in [1.165, 1.54) is 17.3 Å². The Balaban J connectivity index is 1.71. The zero-order valence-electron chi connectivity index (χ0n) is 18.1. The molecule has 0 bridgehead atoms. The van der Waals surface area contributed by atoms with Crippen LogP contribution in [0.1, 0.15) is 31.0 Å². The van der Waals surface area contributed by atoms with E-state index in [-0.39, 0.29) is 11.9 Å². The van der Waals surface area contributed by atoms with Crippen molar-refractivity contribution in [2.24, 2.45) is 0 Å². The molecule has 30 heavy (non-hydrogen) atoms. The Hall–Kier alpha value is -2.80. The van der Waals surface area contributed by atoms with E-state index < -0.39 is 0 Å². The number of methoxy groups -OCH3 is 1. The molecule has 0 aliphatic heterocycles. The number of hydrogen-bond acceptors (Lipinski definition) is 5. The third-order valence-electron chi connectivity index (χ3n) is 4.95. The number of aromatic nitrogens is 3. The summed E-state index contributed by atoms with van der Waals surface area (Å²) in [6, 6.07) is 16.1. The standard InChI is InChI=1S/C23H28N4O2S/c1-16(2)27-22(18-10-12-20(29-5)13-11-18)24-25-23(27)30-15-21(28)26(4)14-19-9-7-6-8-17(19)3/h6-13,16H,14-15H2,1-5H3. The molecule has 0 aliphatic carbocycles. The fourth-order valence-corrected chi connectivity index (χ4v) is 4.15. The molecule has 1 aromatic heterocycles. The van der Waals surface area contributed by atoms with Crippen LogP contribution in [-0.2, 0) is 11.3 Å². The number of carbonyl (C=O) groups excluding carboxylic acids is 1. The van der Waals surface area contributed by atoms with Gasteiger partial charge in [0.05, 0.1) is 12.9 Å². The van der Waals surface area contributed by atoms with Crippen molar-refractivity contribution in [3.05, 3.63) is 59.7 Å². The van der Waals surface area contributed by atoms with Crippen molar-refractivity contribution < 1.29 is 9.53 Å². The largest absolute Gasteiger partial charge is 0.497 e. The number of rotatable bonds is 8. The molecule has 0 saturated heterocycles. The fourth-order valence-electron chi connectivity index (χ4n) is 3.15. The van der Waals surface area contributed by atoms with Crippen molar-refractivity contribution in [3.8, 4) is 17.1 Å². The first-order valence-corrected chi connectivity index (χ1v) is 10.9. The smallest absolute Gasteiger partial charge is 0.233 e. The highest BCUT2D eigenvalue weighted by molar-refractivity contribution is 7.99. The lowest BCUT2D eigenvalue weighted by Crippen LogP contribution is -2.28. The maximum absolute atomic E-state index is 12.7. The minimum atomic E-state index is 0.0626. The Kier molecular flexibility index (Phi) is 7.15. The van der Waals surface area contributed by atoms with Crippen LogP contribution in [0, 0.1) is 6.92 Å². The molecule has 0 radical (unpaired) electrons. The quantitative estimate of drug-likeness (QED) is 0.495. The van der Waals surface area contributed by atoms with Gasteiger partial charge in [0.2, 0.25) is 5.91 Å². The first-order valence-electron chi connectivity index (χ1n) is 9.91. The highest BCUT2D eigenvalue weighted by Crippen LogP contribution is 2.29. The van der Waals surface area contributed by atoms with Gasteiger partial charge in [-0.1, -0.05) is 36.0 Å². The van der Waals surface area contributed by atoms with Gasteiger partial charge >= 0.3 is 0 Å². The average molecular weight is 425 g/mol. The molecule has 0 spiro atoms. The van der Waals surface area contributed by atoms with E-state index in [4.69, 9.17) is 4.74 Å². The topological polar surface area (TPSA) is 60.3 Å². The van der Waals surface area contributed by atoms with E-state index in [1.54, 1.807) is 12.0 Å². The third-order valence-corrected chi connectivity index (χ3v) is 5.88. The average Bonchev–Trinajstić information content (AvgIpc) is 3.18. The highest BCUT2D eigenvalue weighted by atomic mass is 32.2. The summed E-state index contributed by atoms with van der Waals surface area (Å²) in [4.78, 5) is 14.5. The molecule has 0 unspecified atom stereocenters. The van der Waals surface area contributed by atoms with Gasteiger partial charge in [-0.25, -0.2) is 0 Å². The number of nitrogens with zero attached hydrogens (tertiary/aromatic N) is 4. The molecule has 0 fully saturated rings. The highest BCUT2D eigenvalue weighted by Gasteiger charge is 2.19. The van der Waals surface area contributed by atoms with Gasteiger partial charge in [-0.05, 0) is 56.2 Å². The van der Waals surface area contributed by atoms with Crippen molar-refractivity contribution in [1.82, 2.24) is 19.7 Å². The second-order valence-corrected chi connectivity index (χ2v) is 8.41. The first kappa shape index (κ1) is 21.9.